The molecule has 0 N–H and O–H groups in total. The Kier molecular flexibility index (Phi) is 4.97. The highest BCUT2D eigenvalue weighted by molar-refractivity contribution is 6.21. The van der Waals surface area contributed by atoms with Crippen molar-refractivity contribution in [2.45, 2.75) is 51.5 Å². The van der Waals surface area contributed by atoms with Gasteiger partial charge in [-0.2, -0.15) is 5.10 Å². The van der Waals surface area contributed by atoms with Gasteiger partial charge in [-0.05, 0) is 31.7 Å². The van der Waals surface area contributed by atoms with Crippen LogP contribution in [0.3, 0.4) is 0 Å². The van der Waals surface area contributed by atoms with E-state index in [1.54, 1.807) is 0 Å². The van der Waals surface area contributed by atoms with Crippen LogP contribution in [0.2, 0.25) is 0 Å². The van der Waals surface area contributed by atoms with Gasteiger partial charge in [-0.15, -0.1) is 23.2 Å². The van der Waals surface area contributed by atoms with Gasteiger partial charge in [0, 0.05) is 23.4 Å². The number of nitrogens with zero attached hydrogens (tertiary/aromatic N) is 2. The molecule has 2 nitrogen and oxygen atoms in total. The first-order valence-corrected chi connectivity index (χ1v) is 7.96. The van der Waals surface area contributed by atoms with Crippen molar-refractivity contribution in [3.05, 3.63) is 18.0 Å². The minimum Gasteiger partial charge on any atom is -0.269 e. The molecular formula is C14H22Cl2N2. The van der Waals surface area contributed by atoms with Crippen molar-refractivity contribution in [3.63, 3.8) is 0 Å². The molecule has 0 amide bonds. The third kappa shape index (κ3) is 3.03. The van der Waals surface area contributed by atoms with Crippen LogP contribution in [0.15, 0.2) is 12.3 Å². The zero-order valence-corrected chi connectivity index (χ0v) is 12.6. The van der Waals surface area contributed by atoms with E-state index in [1.807, 2.05) is 0 Å². The Morgan fingerprint density at radius 1 is 1.33 bits per heavy atom. The summed E-state index contributed by atoms with van der Waals surface area (Å²) < 4.78 is 2.14. The number of hydrogen-bond acceptors (Lipinski definition) is 1. The molecular weight excluding hydrogens is 267 g/mol. The highest BCUT2D eigenvalue weighted by Crippen LogP contribution is 2.32. The fraction of sp³-hybridized carbons (Fsp3) is 0.786. The van der Waals surface area contributed by atoms with Crippen molar-refractivity contribution >= 4 is 23.2 Å². The first-order chi connectivity index (χ1) is 8.73. The third-order valence-electron chi connectivity index (χ3n) is 4.24. The molecule has 0 spiro atoms. The van der Waals surface area contributed by atoms with E-state index in [0.717, 1.165) is 18.5 Å². The van der Waals surface area contributed by atoms with Gasteiger partial charge in [0.15, 0.2) is 0 Å². The van der Waals surface area contributed by atoms with E-state index >= 15 is 0 Å². The largest absolute Gasteiger partial charge is 0.269 e. The average Bonchev–Trinajstić information content (AvgIpc) is 3.07. The Bertz CT molecular complexity index is 357. The topological polar surface area (TPSA) is 17.8 Å². The number of hydrogen-bond donors (Lipinski definition) is 0. The molecule has 102 valence electrons. The van der Waals surface area contributed by atoms with Gasteiger partial charge in [-0.1, -0.05) is 19.8 Å². The van der Waals surface area contributed by atoms with Gasteiger partial charge in [-0.25, -0.2) is 0 Å². The fourth-order valence-corrected chi connectivity index (χ4v) is 3.52. The second-order valence-electron chi connectivity index (χ2n) is 5.52. The van der Waals surface area contributed by atoms with Gasteiger partial charge in [0.2, 0.25) is 0 Å². The van der Waals surface area contributed by atoms with Crippen LogP contribution in [-0.2, 0) is 6.42 Å². The molecule has 1 aliphatic rings. The molecule has 0 aromatic carbocycles. The lowest BCUT2D eigenvalue weighted by molar-refractivity contribution is 0.353. The summed E-state index contributed by atoms with van der Waals surface area (Å²) in [6.45, 7) is 2.15. The molecule has 1 saturated carbocycles. The van der Waals surface area contributed by atoms with Gasteiger partial charge < -0.3 is 0 Å². The standard InChI is InChI=1S/C14H22Cl2N2/c1-2-14(10-15,11-16)9-12-7-8-18(17-12)13-5-3-4-6-13/h7-8,13H,2-6,9-11H2,1H3. The minimum atomic E-state index is -0.00201. The van der Waals surface area contributed by atoms with Crippen LogP contribution in [0.25, 0.3) is 0 Å². The maximum absolute atomic E-state index is 6.09. The first-order valence-electron chi connectivity index (χ1n) is 6.89. The molecule has 1 heterocycles. The smallest absolute Gasteiger partial charge is 0.0631 e. The van der Waals surface area contributed by atoms with Crippen molar-refractivity contribution in [1.82, 2.24) is 9.78 Å². The summed E-state index contributed by atoms with van der Waals surface area (Å²) in [5.41, 5.74) is 1.13. The Balaban J connectivity index is 2.05. The van der Waals surface area contributed by atoms with Gasteiger partial charge in [-0.3, -0.25) is 4.68 Å². The molecule has 18 heavy (non-hydrogen) atoms. The molecule has 1 aliphatic carbocycles. The van der Waals surface area contributed by atoms with Gasteiger partial charge >= 0.3 is 0 Å². The van der Waals surface area contributed by atoms with E-state index in [1.165, 1.54) is 25.7 Å². The molecule has 0 bridgehead atoms. The summed E-state index contributed by atoms with van der Waals surface area (Å²) in [6, 6.07) is 2.74. The fourth-order valence-electron chi connectivity index (χ4n) is 2.67. The Labute approximate surface area is 120 Å². The van der Waals surface area contributed by atoms with E-state index in [2.05, 4.69) is 23.9 Å². The summed E-state index contributed by atoms with van der Waals surface area (Å²) in [4.78, 5) is 0. The van der Waals surface area contributed by atoms with Crippen molar-refractivity contribution < 1.29 is 0 Å². The Hall–Kier alpha value is -0.210. The predicted molar refractivity (Wildman–Crippen MR) is 77.6 cm³/mol. The summed E-state index contributed by atoms with van der Waals surface area (Å²) in [7, 11) is 0. The zero-order chi connectivity index (χ0) is 13.0. The van der Waals surface area contributed by atoms with Crippen molar-refractivity contribution in [1.29, 1.82) is 0 Å². The van der Waals surface area contributed by atoms with E-state index in [9.17, 15) is 0 Å². The van der Waals surface area contributed by atoms with Crippen LogP contribution in [0.1, 0.15) is 50.8 Å². The van der Waals surface area contributed by atoms with Crippen LogP contribution in [-0.4, -0.2) is 21.5 Å². The summed E-state index contributed by atoms with van der Waals surface area (Å²) in [6.07, 6.45) is 9.21. The van der Waals surface area contributed by atoms with Crippen molar-refractivity contribution in [3.8, 4) is 0 Å². The lowest BCUT2D eigenvalue weighted by atomic mass is 9.85. The maximum Gasteiger partial charge on any atom is 0.0631 e. The summed E-state index contributed by atoms with van der Waals surface area (Å²) in [5, 5.41) is 4.72. The van der Waals surface area contributed by atoms with Crippen LogP contribution < -0.4 is 0 Å². The average molecular weight is 289 g/mol. The first kappa shape index (κ1) is 14.2. The summed E-state index contributed by atoms with van der Waals surface area (Å²) in [5.74, 6) is 1.20. The van der Waals surface area contributed by atoms with Gasteiger partial charge in [0.1, 0.15) is 0 Å². The molecule has 1 aromatic rings. The zero-order valence-electron chi connectivity index (χ0n) is 11.0. The molecule has 0 aliphatic heterocycles. The van der Waals surface area contributed by atoms with Crippen LogP contribution in [0, 0.1) is 5.41 Å². The highest BCUT2D eigenvalue weighted by atomic mass is 35.5. The second-order valence-corrected chi connectivity index (χ2v) is 6.06. The minimum absolute atomic E-state index is 0.00201. The van der Waals surface area contributed by atoms with E-state index in [0.29, 0.717) is 17.8 Å². The van der Waals surface area contributed by atoms with E-state index in [4.69, 9.17) is 28.3 Å². The molecule has 0 radical (unpaired) electrons. The normalized spacial score (nSPS) is 17.5. The van der Waals surface area contributed by atoms with Crippen molar-refractivity contribution in [2.75, 3.05) is 11.8 Å². The van der Waals surface area contributed by atoms with Crippen molar-refractivity contribution in [2.24, 2.45) is 5.41 Å². The number of rotatable bonds is 6. The summed E-state index contributed by atoms with van der Waals surface area (Å²) >= 11 is 12.2. The lowest BCUT2D eigenvalue weighted by Gasteiger charge is -2.27. The molecule has 2 rings (SSSR count). The SMILES string of the molecule is CCC(CCl)(CCl)Cc1ccn(C2CCCC2)n1. The van der Waals surface area contributed by atoms with E-state index < -0.39 is 0 Å². The number of halogens is 2. The molecule has 0 atom stereocenters. The lowest BCUT2D eigenvalue weighted by Crippen LogP contribution is -2.27. The molecule has 4 heteroatoms. The third-order valence-corrected chi connectivity index (χ3v) is 5.37. The predicted octanol–water partition coefficient (Wildman–Crippen LogP) is 4.41. The molecule has 0 unspecified atom stereocenters. The molecule has 1 aromatic heterocycles. The monoisotopic (exact) mass is 288 g/mol. The number of aromatic nitrogens is 2. The van der Waals surface area contributed by atoms with E-state index in [-0.39, 0.29) is 5.41 Å². The Morgan fingerprint density at radius 3 is 2.56 bits per heavy atom. The van der Waals surface area contributed by atoms with Crippen LogP contribution in [0.5, 0.6) is 0 Å². The van der Waals surface area contributed by atoms with Gasteiger partial charge in [0.05, 0.1) is 11.7 Å². The second kappa shape index (κ2) is 6.29. The van der Waals surface area contributed by atoms with Crippen LogP contribution in [0.4, 0.5) is 0 Å². The van der Waals surface area contributed by atoms with Crippen LogP contribution >= 0.6 is 23.2 Å². The van der Waals surface area contributed by atoms with Gasteiger partial charge in [0.25, 0.3) is 0 Å². The molecule has 0 saturated heterocycles. The highest BCUT2D eigenvalue weighted by Gasteiger charge is 2.28. The number of alkyl halides is 2. The molecule has 1 fully saturated rings. The Morgan fingerprint density at radius 2 is 2.00 bits per heavy atom. The quantitative estimate of drug-likeness (QED) is 0.709. The maximum atomic E-state index is 6.09.